The summed E-state index contributed by atoms with van der Waals surface area (Å²) in [5.41, 5.74) is 5.43. The molecule has 0 aliphatic carbocycles. The third-order valence-electron chi connectivity index (χ3n) is 2.82. The van der Waals surface area contributed by atoms with Gasteiger partial charge in [0, 0.05) is 12.3 Å². The van der Waals surface area contributed by atoms with Crippen molar-refractivity contribution in [3.05, 3.63) is 9.93 Å². The van der Waals surface area contributed by atoms with Crippen molar-refractivity contribution in [2.45, 2.75) is 18.4 Å². The van der Waals surface area contributed by atoms with E-state index in [4.69, 9.17) is 5.73 Å². The summed E-state index contributed by atoms with van der Waals surface area (Å²) in [4.78, 5) is 24.3. The number of hydrogen-bond acceptors (Lipinski definition) is 6. The van der Waals surface area contributed by atoms with Gasteiger partial charge in [-0.1, -0.05) is 11.8 Å². The number of carboxylic acid groups (broad SMARTS) is 1. The van der Waals surface area contributed by atoms with E-state index in [9.17, 15) is 19.8 Å². The van der Waals surface area contributed by atoms with Crippen molar-refractivity contribution in [3.8, 4) is 0 Å². The molecule has 2 heterocycles. The van der Waals surface area contributed by atoms with Crippen LogP contribution in [0.3, 0.4) is 0 Å². The molecule has 1 unspecified atom stereocenters. The molecule has 0 aromatic heterocycles. The van der Waals surface area contributed by atoms with E-state index in [0.29, 0.717) is 16.5 Å². The lowest BCUT2D eigenvalue weighted by Gasteiger charge is -2.43. The summed E-state index contributed by atoms with van der Waals surface area (Å²) in [7, 11) is 0. The smallest absolute Gasteiger partial charge is 0.354 e. The minimum Gasteiger partial charge on any atom is -0.477 e. The highest BCUT2D eigenvalue weighted by Crippen LogP contribution is 2.53. The number of carbonyl (C=O) groups is 2. The van der Waals surface area contributed by atoms with Gasteiger partial charge in [0.2, 0.25) is 5.91 Å². The second-order valence-electron chi connectivity index (χ2n) is 4.06. The van der Waals surface area contributed by atoms with Gasteiger partial charge >= 0.3 is 5.97 Å². The van der Waals surface area contributed by atoms with Crippen LogP contribution in [0.25, 0.3) is 0 Å². The van der Waals surface area contributed by atoms with Gasteiger partial charge in [-0.25, -0.2) is 4.79 Å². The lowest BCUT2D eigenvalue weighted by Crippen LogP contribution is -2.60. The molecule has 2 aliphatic rings. The molecular formula is C10H14N2O4S2. The first-order valence-corrected chi connectivity index (χ1v) is 7.33. The number of carboxylic acids is 1. The van der Waals surface area contributed by atoms with E-state index in [-0.39, 0.29) is 17.0 Å². The third kappa shape index (κ3) is 2.03. The van der Waals surface area contributed by atoms with Gasteiger partial charge in [0.1, 0.15) is 5.37 Å². The van der Waals surface area contributed by atoms with E-state index < -0.39 is 18.0 Å². The molecule has 2 aliphatic heterocycles. The van der Waals surface area contributed by atoms with Crippen LogP contribution in [0.5, 0.6) is 0 Å². The molecule has 18 heavy (non-hydrogen) atoms. The largest absolute Gasteiger partial charge is 0.477 e. The second-order valence-corrected chi connectivity index (χ2v) is 6.55. The number of thioether (sulfide) groups is 2. The quantitative estimate of drug-likeness (QED) is 0.605. The normalized spacial score (nSPS) is 28.2. The molecule has 1 amide bonds. The average Bonchev–Trinajstić information content (AvgIpc) is 2.60. The molecule has 6 nitrogen and oxygen atoms in total. The lowest BCUT2D eigenvalue weighted by atomic mass is 9.92. The van der Waals surface area contributed by atoms with Gasteiger partial charge in [-0.3, -0.25) is 9.69 Å². The van der Waals surface area contributed by atoms with Crippen LogP contribution in [0, 0.1) is 5.92 Å². The van der Waals surface area contributed by atoms with Crippen LogP contribution in [0.2, 0.25) is 0 Å². The Morgan fingerprint density at radius 3 is 2.83 bits per heavy atom. The molecule has 4 N–H and O–H groups in total. The Bertz CT molecular complexity index is 424. The van der Waals surface area contributed by atoms with Crippen LogP contribution in [-0.4, -0.2) is 50.8 Å². The number of β-lactam (4-membered cyclic amide) rings is 1. The van der Waals surface area contributed by atoms with Gasteiger partial charge in [0.05, 0.1) is 16.3 Å². The topological polar surface area (TPSA) is 104 Å². The molecule has 1 saturated heterocycles. The Balaban J connectivity index is 2.21. The van der Waals surface area contributed by atoms with E-state index in [1.807, 2.05) is 0 Å². The molecule has 0 bridgehead atoms. The fourth-order valence-electron chi connectivity index (χ4n) is 2.00. The van der Waals surface area contributed by atoms with Crippen LogP contribution in [0.4, 0.5) is 0 Å². The highest BCUT2D eigenvalue weighted by molar-refractivity contribution is 8.22. The minimum atomic E-state index is -1.11. The fourth-order valence-corrected chi connectivity index (χ4v) is 4.77. The van der Waals surface area contributed by atoms with Crippen LogP contribution in [0.15, 0.2) is 9.93 Å². The van der Waals surface area contributed by atoms with Crippen LogP contribution in [-0.2, 0) is 9.59 Å². The lowest BCUT2D eigenvalue weighted by molar-refractivity contribution is -0.156. The monoisotopic (exact) mass is 290 g/mol. The summed E-state index contributed by atoms with van der Waals surface area (Å²) in [5, 5.41) is 18.4. The molecule has 0 radical (unpaired) electrons. The molecule has 1 fully saturated rings. The number of carbonyl (C=O) groups excluding carboxylic acids is 1. The average molecular weight is 290 g/mol. The predicted octanol–water partition coefficient (Wildman–Crippen LogP) is -0.156. The van der Waals surface area contributed by atoms with E-state index in [1.165, 1.54) is 28.4 Å². The molecule has 0 aromatic rings. The molecule has 100 valence electrons. The molecule has 8 heteroatoms. The van der Waals surface area contributed by atoms with Crippen molar-refractivity contribution in [2.24, 2.45) is 11.7 Å². The summed E-state index contributed by atoms with van der Waals surface area (Å²) >= 11 is 2.67. The molecule has 2 rings (SSSR count). The molecule has 0 aromatic carbocycles. The zero-order valence-electron chi connectivity index (χ0n) is 9.70. The number of aliphatic hydroxyl groups excluding tert-OH is 1. The standard InChI is InChI=1S/C10H14N2O4S2/c1-4(13)5-7(14)12-6(9(15)16)10(17-3-2-11)18-8(5)12/h4-5,8,13H,2-3,11H2,1H3,(H,15,16)/t4-,5?,8-/m1/s1. The number of aliphatic carboxylic acids is 1. The van der Waals surface area contributed by atoms with Crippen LogP contribution >= 0.6 is 23.5 Å². The van der Waals surface area contributed by atoms with Crippen LogP contribution < -0.4 is 5.73 Å². The zero-order valence-corrected chi connectivity index (χ0v) is 11.3. The molecule has 0 saturated carbocycles. The Kier molecular flexibility index (Phi) is 3.90. The highest BCUT2D eigenvalue weighted by Gasteiger charge is 2.57. The maximum absolute atomic E-state index is 11.8. The Morgan fingerprint density at radius 2 is 2.33 bits per heavy atom. The van der Waals surface area contributed by atoms with Gasteiger partial charge < -0.3 is 15.9 Å². The van der Waals surface area contributed by atoms with Crippen molar-refractivity contribution in [1.82, 2.24) is 4.90 Å². The Morgan fingerprint density at radius 1 is 1.67 bits per heavy atom. The number of nitrogens with two attached hydrogens (primary N) is 1. The van der Waals surface area contributed by atoms with E-state index >= 15 is 0 Å². The van der Waals surface area contributed by atoms with Crippen molar-refractivity contribution in [3.63, 3.8) is 0 Å². The van der Waals surface area contributed by atoms with Crippen molar-refractivity contribution in [1.29, 1.82) is 0 Å². The van der Waals surface area contributed by atoms with Crippen molar-refractivity contribution < 1.29 is 19.8 Å². The molecule has 0 spiro atoms. The van der Waals surface area contributed by atoms with Gasteiger partial charge in [-0.15, -0.1) is 11.8 Å². The fraction of sp³-hybridized carbons (Fsp3) is 0.600. The SMILES string of the molecule is C[C@@H](O)C1C(=O)N2C(C(=O)O)=C(SCCN)S[C@H]12. The first kappa shape index (κ1) is 13.7. The number of aliphatic hydroxyl groups is 1. The van der Waals surface area contributed by atoms with Gasteiger partial charge in [-0.2, -0.15) is 0 Å². The van der Waals surface area contributed by atoms with E-state index in [1.54, 1.807) is 6.92 Å². The summed E-state index contributed by atoms with van der Waals surface area (Å²) in [6, 6.07) is 0. The minimum absolute atomic E-state index is 0.0327. The summed E-state index contributed by atoms with van der Waals surface area (Å²) in [6.45, 7) is 1.99. The zero-order chi connectivity index (χ0) is 13.4. The Hall–Kier alpha value is -0.700. The number of rotatable bonds is 5. The number of hydrogen-bond donors (Lipinski definition) is 3. The molecule has 3 atom stereocenters. The highest BCUT2D eigenvalue weighted by atomic mass is 32.2. The van der Waals surface area contributed by atoms with Gasteiger partial charge in [0.25, 0.3) is 0 Å². The summed E-state index contributed by atoms with van der Waals surface area (Å²) in [6.07, 6.45) is -0.764. The summed E-state index contributed by atoms with van der Waals surface area (Å²) < 4.78 is 0.606. The van der Waals surface area contributed by atoms with E-state index in [2.05, 4.69) is 0 Å². The number of nitrogens with zero attached hydrogens (tertiary/aromatic N) is 1. The van der Waals surface area contributed by atoms with Gasteiger partial charge in [0.15, 0.2) is 5.70 Å². The molecular weight excluding hydrogens is 276 g/mol. The van der Waals surface area contributed by atoms with Gasteiger partial charge in [-0.05, 0) is 6.92 Å². The number of amides is 1. The van der Waals surface area contributed by atoms with E-state index in [0.717, 1.165) is 0 Å². The van der Waals surface area contributed by atoms with Crippen LogP contribution in [0.1, 0.15) is 6.92 Å². The summed E-state index contributed by atoms with van der Waals surface area (Å²) in [5.74, 6) is -1.33. The van der Waals surface area contributed by atoms with Crippen molar-refractivity contribution in [2.75, 3.05) is 12.3 Å². The Labute approximate surface area is 113 Å². The first-order chi connectivity index (χ1) is 8.49. The predicted molar refractivity (Wildman–Crippen MR) is 69.6 cm³/mol. The number of fused-ring (bicyclic) bond motifs is 1. The third-order valence-corrected chi connectivity index (χ3v) is 5.51. The maximum Gasteiger partial charge on any atom is 0.354 e. The second kappa shape index (κ2) is 5.12. The first-order valence-electron chi connectivity index (χ1n) is 5.47. The maximum atomic E-state index is 11.8. The van der Waals surface area contributed by atoms with Crippen molar-refractivity contribution >= 4 is 35.4 Å².